The standard InChI is InChI=1S/C27H30F18O7.6CH4/c1-10-14-7-12(6-13(14)8-19(48,22(30,31)32)23(33,34)35)15(10)21(24(36,37)38,17(47)50-18(3,4)5)11(2)16(46)49-9-20(28,29)51-25(39,40)26(41,42)52-27(43,44)45;;;;;;/h10-15,48H,6-9H2,1-5H3;6*1H4. The number of hydrogen-bond acceptors (Lipinski definition) is 7. The fraction of sp³-hybridized carbons (Fsp3) is 0.939. The van der Waals surface area contributed by atoms with Gasteiger partial charge in [-0.1, -0.05) is 58.4 Å². The van der Waals surface area contributed by atoms with Gasteiger partial charge in [0.05, 0.1) is 5.92 Å². The van der Waals surface area contributed by atoms with Gasteiger partial charge in [0.15, 0.2) is 12.0 Å². The zero-order chi connectivity index (χ0) is 41.3. The topological polar surface area (TPSA) is 91.3 Å². The van der Waals surface area contributed by atoms with Crippen LogP contribution in [0, 0.1) is 40.9 Å². The van der Waals surface area contributed by atoms with Crippen LogP contribution in [0.2, 0.25) is 0 Å². The minimum absolute atomic E-state index is 0. The molecular formula is C33H54F18O7. The Balaban J connectivity index is -0.00000156. The first-order valence-electron chi connectivity index (χ1n) is 14.6. The summed E-state index contributed by atoms with van der Waals surface area (Å²) in [5.74, 6) is -16.9. The number of rotatable bonds is 12. The third-order valence-corrected chi connectivity index (χ3v) is 9.04. The number of halogens is 18. The number of carbonyl (C=O) groups excluding carboxylic acids is 2. The van der Waals surface area contributed by atoms with Gasteiger partial charge in [0.2, 0.25) is 0 Å². The van der Waals surface area contributed by atoms with E-state index >= 15 is 13.2 Å². The zero-order valence-corrected chi connectivity index (χ0v) is 27.0. The molecule has 0 aliphatic heterocycles. The molecule has 2 fully saturated rings. The molecule has 0 aromatic carbocycles. The number of esters is 2. The fourth-order valence-electron chi connectivity index (χ4n) is 7.09. The molecule has 25 heteroatoms. The van der Waals surface area contributed by atoms with Crippen molar-refractivity contribution < 1.29 is 113 Å². The summed E-state index contributed by atoms with van der Waals surface area (Å²) in [5.41, 5.74) is -11.4. The van der Waals surface area contributed by atoms with Crippen LogP contribution in [0.15, 0.2) is 0 Å². The number of carbonyl (C=O) groups is 2. The largest absolute Gasteiger partial charge is 0.527 e. The van der Waals surface area contributed by atoms with Crippen LogP contribution in [0.25, 0.3) is 0 Å². The molecule has 0 heterocycles. The zero-order valence-electron chi connectivity index (χ0n) is 27.0. The monoisotopic (exact) mass is 904 g/mol. The van der Waals surface area contributed by atoms with Crippen molar-refractivity contribution in [2.75, 3.05) is 6.61 Å². The van der Waals surface area contributed by atoms with Crippen molar-refractivity contribution in [3.63, 3.8) is 0 Å². The number of ether oxygens (including phenoxy) is 4. The number of fused-ring (bicyclic) bond motifs is 2. The van der Waals surface area contributed by atoms with Crippen LogP contribution < -0.4 is 0 Å². The average Bonchev–Trinajstić information content (AvgIpc) is 3.40. The van der Waals surface area contributed by atoms with Gasteiger partial charge >= 0.3 is 55.2 Å². The van der Waals surface area contributed by atoms with Gasteiger partial charge in [-0.05, 0) is 69.6 Å². The Morgan fingerprint density at radius 3 is 1.43 bits per heavy atom. The summed E-state index contributed by atoms with van der Waals surface area (Å²) in [7, 11) is 0. The summed E-state index contributed by atoms with van der Waals surface area (Å²) in [6.45, 7) is 1.14. The molecule has 2 aliphatic carbocycles. The lowest BCUT2D eigenvalue weighted by molar-refractivity contribution is -0.530. The van der Waals surface area contributed by atoms with E-state index in [0.29, 0.717) is 0 Å². The van der Waals surface area contributed by atoms with E-state index < -0.39 is 133 Å². The Labute approximate surface area is 325 Å². The van der Waals surface area contributed by atoms with Gasteiger partial charge in [-0.25, -0.2) is 9.47 Å². The summed E-state index contributed by atoms with van der Waals surface area (Å²) in [5, 5.41) is 9.70. The number of hydrogen-bond donors (Lipinski definition) is 1. The summed E-state index contributed by atoms with van der Waals surface area (Å²) in [4.78, 5) is 26.5. The molecular weight excluding hydrogens is 850 g/mol. The van der Waals surface area contributed by atoms with Crippen LogP contribution in [0.5, 0.6) is 0 Å². The Hall–Kier alpha value is -2.44. The number of alkyl halides is 18. The molecule has 1 N–H and O–H groups in total. The maximum Gasteiger partial charge on any atom is 0.527 e. The van der Waals surface area contributed by atoms with Crippen molar-refractivity contribution in [3.05, 3.63) is 0 Å². The first-order valence-corrected chi connectivity index (χ1v) is 14.6. The highest BCUT2D eigenvalue weighted by Crippen LogP contribution is 2.68. The predicted octanol–water partition coefficient (Wildman–Crippen LogP) is 12.4. The third kappa shape index (κ3) is 12.8. The molecule has 7 unspecified atom stereocenters. The van der Waals surface area contributed by atoms with Crippen molar-refractivity contribution in [1.29, 1.82) is 0 Å². The molecule has 58 heavy (non-hydrogen) atoms. The highest BCUT2D eigenvalue weighted by atomic mass is 19.4. The van der Waals surface area contributed by atoms with E-state index in [-0.39, 0.29) is 51.5 Å². The van der Waals surface area contributed by atoms with E-state index in [2.05, 4.69) is 9.47 Å². The molecule has 0 aromatic rings. The lowest BCUT2D eigenvalue weighted by Crippen LogP contribution is -2.62. The van der Waals surface area contributed by atoms with Crippen LogP contribution >= 0.6 is 0 Å². The van der Waals surface area contributed by atoms with E-state index in [4.69, 9.17) is 4.74 Å². The van der Waals surface area contributed by atoms with Gasteiger partial charge in [-0.15, -0.1) is 13.2 Å². The maximum atomic E-state index is 15.3. The second kappa shape index (κ2) is 19.5. The highest BCUT2D eigenvalue weighted by molar-refractivity contribution is 5.87. The average molecular weight is 905 g/mol. The van der Waals surface area contributed by atoms with E-state index in [0.717, 1.165) is 27.7 Å². The van der Waals surface area contributed by atoms with Crippen LogP contribution in [0.1, 0.15) is 98.4 Å². The second-order valence-electron chi connectivity index (χ2n) is 13.6. The van der Waals surface area contributed by atoms with Gasteiger partial charge in [-0.3, -0.25) is 9.59 Å². The minimum Gasteiger partial charge on any atom is -0.459 e. The second-order valence-corrected chi connectivity index (χ2v) is 13.6. The molecule has 0 saturated heterocycles. The van der Waals surface area contributed by atoms with Crippen LogP contribution in [-0.4, -0.2) is 78.1 Å². The Kier molecular flexibility index (Phi) is 21.8. The molecule has 354 valence electrons. The summed E-state index contributed by atoms with van der Waals surface area (Å²) in [6, 6.07) is 0. The molecule has 0 radical (unpaired) electrons. The summed E-state index contributed by atoms with van der Waals surface area (Å²) < 4.78 is 257. The van der Waals surface area contributed by atoms with E-state index in [1.54, 1.807) is 4.74 Å². The normalized spacial score (nSPS) is 23.2. The minimum atomic E-state index is -6.85. The van der Waals surface area contributed by atoms with Crippen LogP contribution in [-0.2, 0) is 28.5 Å². The van der Waals surface area contributed by atoms with Gasteiger partial charge in [0.1, 0.15) is 5.60 Å². The van der Waals surface area contributed by atoms with Gasteiger partial charge < -0.3 is 14.6 Å². The Morgan fingerprint density at radius 2 is 1.09 bits per heavy atom. The van der Waals surface area contributed by atoms with Crippen molar-refractivity contribution in [1.82, 2.24) is 0 Å². The van der Waals surface area contributed by atoms with Gasteiger partial charge in [0.25, 0.3) is 5.60 Å². The van der Waals surface area contributed by atoms with Gasteiger partial charge in [0, 0.05) is 0 Å². The molecule has 7 atom stereocenters. The lowest BCUT2D eigenvalue weighted by atomic mass is 9.56. The van der Waals surface area contributed by atoms with Crippen molar-refractivity contribution >= 4 is 11.9 Å². The van der Waals surface area contributed by atoms with Crippen molar-refractivity contribution in [2.24, 2.45) is 40.9 Å². The van der Waals surface area contributed by atoms with E-state index in [1.165, 1.54) is 0 Å². The van der Waals surface area contributed by atoms with Crippen molar-refractivity contribution in [2.45, 2.75) is 153 Å². The Bertz CT molecular complexity index is 1290. The SMILES string of the molecule is C.C.C.C.C.C.CC1C2CC(CC2CC(O)(C(F)(F)F)C(F)(F)F)C1C(C(=O)OC(C)(C)C)(C(C)C(=O)OCC(F)(F)OC(F)(F)C(F)(F)OC(F)(F)F)C(F)(F)F. The van der Waals surface area contributed by atoms with E-state index in [1.807, 2.05) is 0 Å². The third-order valence-electron chi connectivity index (χ3n) is 9.04. The highest BCUT2D eigenvalue weighted by Gasteiger charge is 2.77. The smallest absolute Gasteiger partial charge is 0.459 e. The molecule has 7 nitrogen and oxygen atoms in total. The van der Waals surface area contributed by atoms with Crippen LogP contribution in [0.4, 0.5) is 79.0 Å². The molecule has 2 bridgehead atoms. The summed E-state index contributed by atoms with van der Waals surface area (Å²) >= 11 is 0. The molecule has 2 aliphatic rings. The quantitative estimate of drug-likeness (QED) is 0.154. The molecule has 0 amide bonds. The lowest BCUT2D eigenvalue weighted by Gasteiger charge is -2.49. The number of aliphatic hydroxyl groups is 1. The maximum absolute atomic E-state index is 15.3. The molecule has 2 rings (SSSR count). The molecule has 2 saturated carbocycles. The Morgan fingerprint density at radius 1 is 0.672 bits per heavy atom. The first-order chi connectivity index (χ1) is 22.7. The molecule has 0 aromatic heterocycles. The fourth-order valence-corrected chi connectivity index (χ4v) is 7.09. The first kappa shape index (κ1) is 64.7. The van der Waals surface area contributed by atoms with Crippen LogP contribution in [0.3, 0.4) is 0 Å². The molecule has 0 spiro atoms. The van der Waals surface area contributed by atoms with Gasteiger partial charge in [-0.2, -0.15) is 65.9 Å². The summed E-state index contributed by atoms with van der Waals surface area (Å²) in [6.07, 6.45) is -48.4. The van der Waals surface area contributed by atoms with Crippen molar-refractivity contribution in [3.8, 4) is 0 Å². The predicted molar refractivity (Wildman–Crippen MR) is 172 cm³/mol. The van der Waals surface area contributed by atoms with E-state index in [9.17, 15) is 80.6 Å².